The lowest BCUT2D eigenvalue weighted by molar-refractivity contribution is 0.216. The molecule has 14 heavy (non-hydrogen) atoms. The topological polar surface area (TPSA) is 93.1 Å². The summed E-state index contributed by atoms with van der Waals surface area (Å²) < 4.78 is 30.9. The number of hydrogen-bond acceptors (Lipinski definition) is 4. The molecule has 0 saturated carbocycles. The summed E-state index contributed by atoms with van der Waals surface area (Å²) >= 11 is 0. The van der Waals surface area contributed by atoms with Gasteiger partial charge in [0.25, 0.3) is 0 Å². The minimum absolute atomic E-state index is 0.113. The number of hydrogen-bond donors (Lipinski definition) is 2. The van der Waals surface area contributed by atoms with E-state index in [1.807, 2.05) is 6.92 Å². The van der Waals surface area contributed by atoms with Gasteiger partial charge in [-0.2, -0.15) is 0 Å². The van der Waals surface area contributed by atoms with Crippen LogP contribution in [0.15, 0.2) is 0 Å². The van der Waals surface area contributed by atoms with E-state index >= 15 is 0 Å². The highest BCUT2D eigenvalue weighted by molar-refractivity contribution is 7.66. The van der Waals surface area contributed by atoms with Crippen LogP contribution >= 0.6 is 15.2 Å². The van der Waals surface area contributed by atoms with Crippen LogP contribution in [-0.2, 0) is 18.2 Å². The first-order chi connectivity index (χ1) is 6.33. The zero-order valence-corrected chi connectivity index (χ0v) is 10.0. The van der Waals surface area contributed by atoms with E-state index < -0.39 is 21.5 Å². The molecule has 0 heterocycles. The van der Waals surface area contributed by atoms with Crippen LogP contribution in [0.2, 0.25) is 0 Å². The van der Waals surface area contributed by atoms with Gasteiger partial charge < -0.3 is 14.5 Å². The molecule has 0 spiro atoms. The molecular weight excluding hydrogens is 230 g/mol. The molecule has 0 aromatic rings. The Labute approximate surface area is 83.3 Å². The van der Waals surface area contributed by atoms with Crippen molar-refractivity contribution in [2.24, 2.45) is 0 Å². The van der Waals surface area contributed by atoms with Crippen molar-refractivity contribution in [3.8, 4) is 0 Å². The Morgan fingerprint density at radius 3 is 2.21 bits per heavy atom. The molecule has 0 aromatic heterocycles. The van der Waals surface area contributed by atoms with Crippen molar-refractivity contribution in [2.45, 2.75) is 19.8 Å². The van der Waals surface area contributed by atoms with E-state index in [1.165, 1.54) is 7.11 Å². The number of ether oxygens (including phenoxy) is 1. The molecule has 0 saturated heterocycles. The van der Waals surface area contributed by atoms with Crippen LogP contribution < -0.4 is 0 Å². The Balaban J connectivity index is 4.20. The first-order valence-electron chi connectivity index (χ1n) is 4.17. The van der Waals surface area contributed by atoms with E-state index in [4.69, 9.17) is 9.79 Å². The van der Waals surface area contributed by atoms with E-state index in [2.05, 4.69) is 9.05 Å². The fourth-order valence-corrected chi connectivity index (χ4v) is 3.94. The summed E-state index contributed by atoms with van der Waals surface area (Å²) in [4.78, 5) is 18.2. The van der Waals surface area contributed by atoms with Gasteiger partial charge in [0.15, 0.2) is 0 Å². The molecule has 0 aromatic carbocycles. The normalized spacial score (nSPS) is 20.0. The Bertz CT molecular complexity index is 253. The standard InChI is InChI=1S/C6H16O6P2/c1-3-4-5-13(7,8)12-14(9,10)6-11-2/h3-6H2,1-2H3,(H,7,8)(H,9,10). The highest BCUT2D eigenvalue weighted by Gasteiger charge is 2.31. The third-order valence-corrected chi connectivity index (χ3v) is 4.85. The molecule has 0 bridgehead atoms. The first-order valence-corrected chi connectivity index (χ1v) is 7.69. The van der Waals surface area contributed by atoms with Crippen molar-refractivity contribution in [3.63, 3.8) is 0 Å². The van der Waals surface area contributed by atoms with Gasteiger partial charge >= 0.3 is 15.2 Å². The van der Waals surface area contributed by atoms with Gasteiger partial charge in [0, 0.05) is 7.11 Å². The van der Waals surface area contributed by atoms with Crippen LogP contribution in [0.25, 0.3) is 0 Å². The van der Waals surface area contributed by atoms with E-state index in [1.54, 1.807) is 0 Å². The molecule has 0 amide bonds. The van der Waals surface area contributed by atoms with Crippen molar-refractivity contribution < 1.29 is 28.0 Å². The lowest BCUT2D eigenvalue weighted by Crippen LogP contribution is -1.98. The van der Waals surface area contributed by atoms with Gasteiger partial charge in [-0.1, -0.05) is 13.3 Å². The average molecular weight is 246 g/mol. The molecule has 0 aliphatic carbocycles. The monoisotopic (exact) mass is 246 g/mol. The molecule has 2 unspecified atom stereocenters. The predicted octanol–water partition coefficient (Wildman–Crippen LogP) is 1.78. The zero-order chi connectivity index (χ0) is 11.2. The third-order valence-electron chi connectivity index (χ3n) is 1.34. The average Bonchev–Trinajstić information content (AvgIpc) is 1.98. The predicted molar refractivity (Wildman–Crippen MR) is 52.4 cm³/mol. The molecule has 6 nitrogen and oxygen atoms in total. The minimum atomic E-state index is -4.09. The molecule has 0 radical (unpaired) electrons. The molecule has 0 aliphatic rings. The summed E-state index contributed by atoms with van der Waals surface area (Å²) in [5.74, 6) is 0. The van der Waals surface area contributed by atoms with Crippen LogP contribution in [0.1, 0.15) is 19.8 Å². The van der Waals surface area contributed by atoms with Crippen LogP contribution in [0.3, 0.4) is 0 Å². The fourth-order valence-electron chi connectivity index (χ4n) is 0.785. The molecular formula is C6H16O6P2. The van der Waals surface area contributed by atoms with Gasteiger partial charge in [-0.25, -0.2) is 4.31 Å². The van der Waals surface area contributed by atoms with E-state index in [0.29, 0.717) is 12.8 Å². The summed E-state index contributed by atoms with van der Waals surface area (Å²) in [6.07, 6.45) is 0.496. The summed E-state index contributed by atoms with van der Waals surface area (Å²) in [7, 11) is -6.83. The largest absolute Gasteiger partial charge is 0.372 e. The lowest BCUT2D eigenvalue weighted by Gasteiger charge is -2.15. The lowest BCUT2D eigenvalue weighted by atomic mass is 10.4. The second-order valence-corrected chi connectivity index (χ2v) is 6.76. The summed E-state index contributed by atoms with van der Waals surface area (Å²) in [6.45, 7) is 1.84. The van der Waals surface area contributed by atoms with Gasteiger partial charge in [-0.05, 0) is 6.42 Å². The maximum absolute atomic E-state index is 11.2. The molecule has 8 heteroatoms. The van der Waals surface area contributed by atoms with Crippen molar-refractivity contribution in [2.75, 3.05) is 19.6 Å². The van der Waals surface area contributed by atoms with Crippen LogP contribution in [-0.4, -0.2) is 29.4 Å². The quantitative estimate of drug-likeness (QED) is 0.665. The van der Waals surface area contributed by atoms with E-state index in [-0.39, 0.29) is 6.16 Å². The second kappa shape index (κ2) is 6.01. The van der Waals surface area contributed by atoms with Crippen LogP contribution in [0.5, 0.6) is 0 Å². The van der Waals surface area contributed by atoms with Crippen molar-refractivity contribution in [3.05, 3.63) is 0 Å². The third kappa shape index (κ3) is 6.71. The summed E-state index contributed by atoms with van der Waals surface area (Å²) in [6, 6.07) is 0. The highest BCUT2D eigenvalue weighted by Crippen LogP contribution is 2.59. The van der Waals surface area contributed by atoms with Crippen molar-refractivity contribution in [1.82, 2.24) is 0 Å². The van der Waals surface area contributed by atoms with Crippen molar-refractivity contribution in [1.29, 1.82) is 0 Å². The van der Waals surface area contributed by atoms with Crippen LogP contribution in [0, 0.1) is 0 Å². The molecule has 2 atom stereocenters. The summed E-state index contributed by atoms with van der Waals surface area (Å²) in [5, 5.41) is 0. The Kier molecular flexibility index (Phi) is 6.14. The smallest absolute Gasteiger partial charge is 0.360 e. The highest BCUT2D eigenvalue weighted by atomic mass is 31.3. The minimum Gasteiger partial charge on any atom is -0.372 e. The first kappa shape index (κ1) is 14.3. The Hall–Kier alpha value is 0.300. The van der Waals surface area contributed by atoms with E-state index in [9.17, 15) is 9.13 Å². The van der Waals surface area contributed by atoms with E-state index in [0.717, 1.165) is 0 Å². The maximum atomic E-state index is 11.2. The van der Waals surface area contributed by atoms with Gasteiger partial charge in [0.2, 0.25) is 0 Å². The molecule has 0 aliphatic heterocycles. The number of methoxy groups -OCH3 is 1. The Morgan fingerprint density at radius 2 is 1.79 bits per heavy atom. The maximum Gasteiger partial charge on any atom is 0.360 e. The van der Waals surface area contributed by atoms with Crippen molar-refractivity contribution >= 4 is 15.2 Å². The second-order valence-electron chi connectivity index (χ2n) is 2.85. The molecule has 86 valence electrons. The number of rotatable bonds is 7. The van der Waals surface area contributed by atoms with Gasteiger partial charge in [-0.3, -0.25) is 9.13 Å². The fraction of sp³-hybridized carbons (Fsp3) is 1.00. The van der Waals surface area contributed by atoms with Crippen LogP contribution in [0.4, 0.5) is 0 Å². The molecule has 0 fully saturated rings. The zero-order valence-electron chi connectivity index (χ0n) is 8.25. The van der Waals surface area contributed by atoms with Gasteiger partial charge in [-0.15, -0.1) is 0 Å². The van der Waals surface area contributed by atoms with Gasteiger partial charge in [0.1, 0.15) is 6.35 Å². The molecule has 2 N–H and O–H groups in total. The number of unbranched alkanes of at least 4 members (excludes halogenated alkanes) is 1. The summed E-state index contributed by atoms with van der Waals surface area (Å²) in [5.41, 5.74) is 0. The van der Waals surface area contributed by atoms with Gasteiger partial charge in [0.05, 0.1) is 6.16 Å². The SMILES string of the molecule is CCCCP(=O)(O)OP(=O)(O)COC. The Morgan fingerprint density at radius 1 is 1.21 bits per heavy atom. The molecule has 0 rings (SSSR count).